The fourth-order valence-corrected chi connectivity index (χ4v) is 3.50. The second-order valence-electron chi connectivity index (χ2n) is 6.37. The molecular weight excluding hydrogens is 292 g/mol. The number of aliphatic hydroxyl groups excluding tert-OH is 1. The van der Waals surface area contributed by atoms with E-state index < -0.39 is 0 Å². The maximum Gasteiger partial charge on any atom is 0.227 e. The van der Waals surface area contributed by atoms with E-state index in [2.05, 4.69) is 4.98 Å². The van der Waals surface area contributed by atoms with Gasteiger partial charge in [-0.2, -0.15) is 0 Å². The largest absolute Gasteiger partial charge is 0.497 e. The molecule has 1 aliphatic rings. The lowest BCUT2D eigenvalue weighted by atomic mass is 10.1. The number of likely N-dealkylation sites (tertiary alicyclic amines) is 1. The summed E-state index contributed by atoms with van der Waals surface area (Å²) in [5.74, 6) is 0.927. The van der Waals surface area contributed by atoms with Crippen LogP contribution in [0.4, 0.5) is 0 Å². The third-order valence-corrected chi connectivity index (χ3v) is 4.63. The number of aliphatic hydroxyl groups is 1. The summed E-state index contributed by atoms with van der Waals surface area (Å²) in [5, 5.41) is 10.6. The Morgan fingerprint density at radius 3 is 3.09 bits per heavy atom. The van der Waals surface area contributed by atoms with E-state index in [1.807, 2.05) is 29.3 Å². The minimum Gasteiger partial charge on any atom is -0.497 e. The number of nitrogens with one attached hydrogen (secondary N) is 1. The van der Waals surface area contributed by atoms with Crippen molar-refractivity contribution in [3.63, 3.8) is 0 Å². The number of hydrogen-bond acceptors (Lipinski definition) is 3. The van der Waals surface area contributed by atoms with Crippen molar-refractivity contribution in [3.8, 4) is 5.75 Å². The average Bonchev–Trinajstić information content (AvgIpc) is 3.13. The molecule has 1 amide bonds. The van der Waals surface area contributed by atoms with Gasteiger partial charge in [-0.15, -0.1) is 0 Å². The molecule has 0 radical (unpaired) electrons. The number of amides is 1. The van der Waals surface area contributed by atoms with E-state index in [9.17, 15) is 9.90 Å². The summed E-state index contributed by atoms with van der Waals surface area (Å²) in [6.07, 6.45) is 4.58. The number of hydrogen-bond donors (Lipinski definition) is 2. The van der Waals surface area contributed by atoms with E-state index in [0.717, 1.165) is 41.6 Å². The first-order chi connectivity index (χ1) is 11.1. The zero-order chi connectivity index (χ0) is 16.4. The predicted octanol–water partition coefficient (Wildman–Crippen LogP) is 2.48. The number of aromatic nitrogens is 1. The van der Waals surface area contributed by atoms with Crippen LogP contribution in [0.25, 0.3) is 10.9 Å². The Labute approximate surface area is 136 Å². The topological polar surface area (TPSA) is 65.6 Å². The molecule has 23 heavy (non-hydrogen) atoms. The quantitative estimate of drug-likeness (QED) is 0.890. The highest BCUT2D eigenvalue weighted by atomic mass is 16.5. The molecule has 1 fully saturated rings. The van der Waals surface area contributed by atoms with Gasteiger partial charge in [0.2, 0.25) is 5.91 Å². The highest BCUT2D eigenvalue weighted by Crippen LogP contribution is 2.26. The van der Waals surface area contributed by atoms with E-state index in [1.54, 1.807) is 14.0 Å². The van der Waals surface area contributed by atoms with Gasteiger partial charge in [-0.05, 0) is 49.9 Å². The standard InChI is InChI=1S/C18H24N2O3/c1-12(21)8-14-4-3-7-20(14)18(22)9-13-11-19-17-6-5-15(23-2)10-16(13)17/h5-6,10-12,14,19,21H,3-4,7-9H2,1-2H3. The summed E-state index contributed by atoms with van der Waals surface area (Å²) in [5.41, 5.74) is 2.00. The molecule has 1 aromatic carbocycles. The normalized spacial score (nSPS) is 19.3. The van der Waals surface area contributed by atoms with Gasteiger partial charge >= 0.3 is 0 Å². The number of fused-ring (bicyclic) bond motifs is 1. The molecular formula is C18H24N2O3. The van der Waals surface area contributed by atoms with Gasteiger partial charge in [-0.1, -0.05) is 0 Å². The molecule has 2 unspecified atom stereocenters. The predicted molar refractivity (Wildman–Crippen MR) is 89.6 cm³/mol. The van der Waals surface area contributed by atoms with Crippen LogP contribution in [0.15, 0.2) is 24.4 Å². The highest BCUT2D eigenvalue weighted by molar-refractivity contribution is 5.90. The van der Waals surface area contributed by atoms with Crippen LogP contribution in [0.1, 0.15) is 31.7 Å². The molecule has 2 N–H and O–H groups in total. The van der Waals surface area contributed by atoms with Gasteiger partial charge in [0.05, 0.1) is 19.6 Å². The smallest absolute Gasteiger partial charge is 0.227 e. The first kappa shape index (κ1) is 15.9. The molecule has 2 heterocycles. The summed E-state index contributed by atoms with van der Waals surface area (Å²) in [6, 6.07) is 6.01. The number of carbonyl (C=O) groups is 1. The Morgan fingerprint density at radius 2 is 2.35 bits per heavy atom. The number of nitrogens with zero attached hydrogens (tertiary/aromatic N) is 1. The van der Waals surface area contributed by atoms with Crippen molar-refractivity contribution >= 4 is 16.8 Å². The van der Waals surface area contributed by atoms with Gasteiger partial charge in [0.1, 0.15) is 5.75 Å². The van der Waals surface area contributed by atoms with Crippen LogP contribution in [0.5, 0.6) is 5.75 Å². The third kappa shape index (κ3) is 3.34. The van der Waals surface area contributed by atoms with Gasteiger partial charge in [0.25, 0.3) is 0 Å². The van der Waals surface area contributed by atoms with Crippen molar-refractivity contribution in [2.75, 3.05) is 13.7 Å². The van der Waals surface area contributed by atoms with E-state index in [4.69, 9.17) is 4.74 Å². The minimum absolute atomic E-state index is 0.136. The van der Waals surface area contributed by atoms with Crippen molar-refractivity contribution in [1.82, 2.24) is 9.88 Å². The molecule has 2 aromatic rings. The SMILES string of the molecule is COc1ccc2[nH]cc(CC(=O)N3CCCC3CC(C)O)c2c1. The van der Waals surface area contributed by atoms with Crippen LogP contribution in [-0.2, 0) is 11.2 Å². The molecule has 1 aromatic heterocycles. The summed E-state index contributed by atoms with van der Waals surface area (Å²) in [6.45, 7) is 2.58. The van der Waals surface area contributed by atoms with E-state index in [1.165, 1.54) is 0 Å². The van der Waals surface area contributed by atoms with Crippen molar-refractivity contribution < 1.29 is 14.6 Å². The summed E-state index contributed by atoms with van der Waals surface area (Å²) < 4.78 is 5.28. The first-order valence-electron chi connectivity index (χ1n) is 8.20. The van der Waals surface area contributed by atoms with Crippen molar-refractivity contribution in [2.45, 2.75) is 44.8 Å². The number of methoxy groups -OCH3 is 1. The molecule has 1 aliphatic heterocycles. The van der Waals surface area contributed by atoms with Gasteiger partial charge in [-0.25, -0.2) is 0 Å². The van der Waals surface area contributed by atoms with Crippen molar-refractivity contribution in [2.24, 2.45) is 0 Å². The van der Waals surface area contributed by atoms with Crippen LogP contribution in [-0.4, -0.2) is 46.7 Å². The van der Waals surface area contributed by atoms with Crippen LogP contribution >= 0.6 is 0 Å². The van der Waals surface area contributed by atoms with Crippen LogP contribution < -0.4 is 4.74 Å². The molecule has 0 spiro atoms. The fourth-order valence-electron chi connectivity index (χ4n) is 3.50. The lowest BCUT2D eigenvalue weighted by molar-refractivity contribution is -0.131. The van der Waals surface area contributed by atoms with Gasteiger partial charge in [-0.3, -0.25) is 4.79 Å². The number of rotatable bonds is 5. The maximum absolute atomic E-state index is 12.7. The number of ether oxygens (including phenoxy) is 1. The molecule has 0 aliphatic carbocycles. The lowest BCUT2D eigenvalue weighted by Crippen LogP contribution is -2.38. The molecule has 5 heteroatoms. The maximum atomic E-state index is 12.7. The molecule has 2 atom stereocenters. The second kappa shape index (κ2) is 6.62. The average molecular weight is 316 g/mol. The van der Waals surface area contributed by atoms with Crippen LogP contribution in [0.3, 0.4) is 0 Å². The number of H-pyrrole nitrogens is 1. The Balaban J connectivity index is 1.77. The number of carbonyl (C=O) groups excluding carboxylic acids is 1. The molecule has 124 valence electrons. The van der Waals surface area contributed by atoms with Crippen molar-refractivity contribution in [1.29, 1.82) is 0 Å². The molecule has 5 nitrogen and oxygen atoms in total. The fraction of sp³-hybridized carbons (Fsp3) is 0.500. The first-order valence-corrected chi connectivity index (χ1v) is 8.20. The molecule has 0 bridgehead atoms. The summed E-state index contributed by atoms with van der Waals surface area (Å²) in [4.78, 5) is 17.9. The highest BCUT2D eigenvalue weighted by Gasteiger charge is 2.29. The second-order valence-corrected chi connectivity index (χ2v) is 6.37. The molecule has 1 saturated heterocycles. The zero-order valence-corrected chi connectivity index (χ0v) is 13.7. The Hall–Kier alpha value is -2.01. The summed E-state index contributed by atoms with van der Waals surface area (Å²) >= 11 is 0. The lowest BCUT2D eigenvalue weighted by Gasteiger charge is -2.25. The van der Waals surface area contributed by atoms with E-state index in [0.29, 0.717) is 12.8 Å². The van der Waals surface area contributed by atoms with Gasteiger partial charge < -0.3 is 19.7 Å². The Morgan fingerprint density at radius 1 is 1.52 bits per heavy atom. The van der Waals surface area contributed by atoms with Crippen LogP contribution in [0, 0.1) is 0 Å². The van der Waals surface area contributed by atoms with Crippen molar-refractivity contribution in [3.05, 3.63) is 30.0 Å². The molecule has 3 rings (SSSR count). The number of aromatic amines is 1. The van der Waals surface area contributed by atoms with Crippen LogP contribution in [0.2, 0.25) is 0 Å². The molecule has 0 saturated carbocycles. The van der Waals surface area contributed by atoms with E-state index in [-0.39, 0.29) is 18.1 Å². The third-order valence-electron chi connectivity index (χ3n) is 4.63. The number of benzene rings is 1. The Kier molecular flexibility index (Phi) is 4.57. The monoisotopic (exact) mass is 316 g/mol. The Bertz CT molecular complexity index is 693. The van der Waals surface area contributed by atoms with E-state index >= 15 is 0 Å². The van der Waals surface area contributed by atoms with Gasteiger partial charge in [0.15, 0.2) is 0 Å². The minimum atomic E-state index is -0.370. The zero-order valence-electron chi connectivity index (χ0n) is 13.7. The summed E-state index contributed by atoms with van der Waals surface area (Å²) in [7, 11) is 1.64. The van der Waals surface area contributed by atoms with Gasteiger partial charge in [0, 0.05) is 29.7 Å².